The van der Waals surface area contributed by atoms with Gasteiger partial charge in [-0.1, -0.05) is 19.1 Å². The predicted octanol–water partition coefficient (Wildman–Crippen LogP) is 2.96. The topological polar surface area (TPSA) is 53.4 Å². The quantitative estimate of drug-likeness (QED) is 0.927. The summed E-state index contributed by atoms with van der Waals surface area (Å²) in [6, 6.07) is 7.57. The first-order chi connectivity index (χ1) is 10.5. The van der Waals surface area contributed by atoms with E-state index in [1.807, 2.05) is 43.5 Å². The lowest BCUT2D eigenvalue weighted by atomic mass is 9.95. The number of aliphatic hydroxyl groups excluding tert-OH is 1. The van der Waals surface area contributed by atoms with Crippen LogP contribution in [0.15, 0.2) is 29.6 Å². The molecule has 22 heavy (non-hydrogen) atoms. The van der Waals surface area contributed by atoms with E-state index < -0.39 is 6.10 Å². The van der Waals surface area contributed by atoms with Crippen molar-refractivity contribution in [1.29, 1.82) is 0 Å². The van der Waals surface area contributed by atoms with Crippen molar-refractivity contribution < 1.29 is 9.90 Å². The van der Waals surface area contributed by atoms with E-state index in [1.54, 1.807) is 16.2 Å². The van der Waals surface area contributed by atoms with Crippen LogP contribution in [0, 0.1) is 12.8 Å². The molecular formula is C17H20N2O2S. The van der Waals surface area contributed by atoms with Crippen molar-refractivity contribution in [2.24, 2.45) is 5.92 Å². The number of aromatic nitrogens is 1. The van der Waals surface area contributed by atoms with E-state index in [9.17, 15) is 9.90 Å². The average molecular weight is 316 g/mol. The van der Waals surface area contributed by atoms with Gasteiger partial charge in [0.25, 0.3) is 5.91 Å². The molecule has 2 unspecified atom stereocenters. The minimum absolute atomic E-state index is 0.00665. The smallest absolute Gasteiger partial charge is 0.253 e. The molecule has 116 valence electrons. The number of carbonyl (C=O) groups is 1. The second kappa shape index (κ2) is 6.18. The summed E-state index contributed by atoms with van der Waals surface area (Å²) in [5, 5.41) is 12.9. The molecule has 4 nitrogen and oxygen atoms in total. The molecule has 1 saturated heterocycles. The highest BCUT2D eigenvalue weighted by Gasteiger charge is 2.27. The van der Waals surface area contributed by atoms with Crippen molar-refractivity contribution in [3.63, 3.8) is 0 Å². The van der Waals surface area contributed by atoms with E-state index in [4.69, 9.17) is 0 Å². The molecule has 0 spiro atoms. The van der Waals surface area contributed by atoms with Gasteiger partial charge in [-0.15, -0.1) is 11.3 Å². The Labute approximate surface area is 134 Å². The van der Waals surface area contributed by atoms with Crippen LogP contribution >= 0.6 is 11.3 Å². The molecule has 1 N–H and O–H groups in total. The van der Waals surface area contributed by atoms with Crippen molar-refractivity contribution >= 4 is 17.2 Å². The van der Waals surface area contributed by atoms with Crippen molar-refractivity contribution in [2.45, 2.75) is 26.4 Å². The number of aliphatic hydroxyl groups is 1. The number of aryl methyl sites for hydroxylation is 1. The molecule has 0 radical (unpaired) electrons. The number of rotatable bonds is 2. The average Bonchev–Trinajstić information content (AvgIpc) is 2.96. The molecule has 1 fully saturated rings. The lowest BCUT2D eigenvalue weighted by molar-refractivity contribution is 0.0248. The molecule has 3 rings (SSSR count). The Balaban J connectivity index is 1.74. The molecule has 5 heteroatoms. The summed E-state index contributed by atoms with van der Waals surface area (Å²) in [4.78, 5) is 18.7. The highest BCUT2D eigenvalue weighted by molar-refractivity contribution is 7.13. The molecule has 1 aliphatic heterocycles. The van der Waals surface area contributed by atoms with Gasteiger partial charge in [-0.25, -0.2) is 4.98 Å². The van der Waals surface area contributed by atoms with Gasteiger partial charge in [0, 0.05) is 35.3 Å². The maximum atomic E-state index is 12.5. The first-order valence-corrected chi connectivity index (χ1v) is 8.42. The Kier molecular flexibility index (Phi) is 4.27. The van der Waals surface area contributed by atoms with Crippen molar-refractivity contribution in [1.82, 2.24) is 9.88 Å². The van der Waals surface area contributed by atoms with Crippen LogP contribution in [0.3, 0.4) is 0 Å². The van der Waals surface area contributed by atoms with Gasteiger partial charge in [0.2, 0.25) is 0 Å². The van der Waals surface area contributed by atoms with E-state index in [1.165, 1.54) is 0 Å². The summed E-state index contributed by atoms with van der Waals surface area (Å²) >= 11 is 1.61. The van der Waals surface area contributed by atoms with Crippen molar-refractivity contribution in [2.75, 3.05) is 13.1 Å². The number of hydrogen-bond acceptors (Lipinski definition) is 4. The zero-order chi connectivity index (χ0) is 15.7. The van der Waals surface area contributed by atoms with Crippen LogP contribution in [0.5, 0.6) is 0 Å². The number of piperidine rings is 1. The molecule has 0 bridgehead atoms. The molecular weight excluding hydrogens is 296 g/mol. The number of thiazole rings is 1. The van der Waals surface area contributed by atoms with Crippen molar-refractivity contribution in [3.8, 4) is 10.6 Å². The molecule has 0 aliphatic carbocycles. The Morgan fingerprint density at radius 3 is 2.68 bits per heavy atom. The van der Waals surface area contributed by atoms with Gasteiger partial charge in [0.05, 0.1) is 6.10 Å². The van der Waals surface area contributed by atoms with Gasteiger partial charge < -0.3 is 10.0 Å². The second-order valence-electron chi connectivity index (χ2n) is 5.96. The Morgan fingerprint density at radius 1 is 1.36 bits per heavy atom. The largest absolute Gasteiger partial charge is 0.391 e. The fraction of sp³-hybridized carbons (Fsp3) is 0.412. The SMILES string of the molecule is Cc1csc(-c2ccc(C(=O)N3CCC(C)C(O)C3)cc2)n1. The zero-order valence-electron chi connectivity index (χ0n) is 12.8. The van der Waals surface area contributed by atoms with E-state index in [2.05, 4.69) is 4.98 Å². The molecule has 0 saturated carbocycles. The summed E-state index contributed by atoms with van der Waals surface area (Å²) in [7, 11) is 0. The maximum Gasteiger partial charge on any atom is 0.253 e. The number of amides is 1. The molecule has 1 aromatic heterocycles. The summed E-state index contributed by atoms with van der Waals surface area (Å²) in [5.41, 5.74) is 2.71. The summed E-state index contributed by atoms with van der Waals surface area (Å²) < 4.78 is 0. The summed E-state index contributed by atoms with van der Waals surface area (Å²) in [6.07, 6.45) is 0.430. The van der Waals surface area contributed by atoms with Crippen molar-refractivity contribution in [3.05, 3.63) is 40.9 Å². The second-order valence-corrected chi connectivity index (χ2v) is 6.81. The third-order valence-corrected chi connectivity index (χ3v) is 5.21. The Hall–Kier alpha value is -1.72. The lowest BCUT2D eigenvalue weighted by Crippen LogP contribution is -2.45. The van der Waals surface area contributed by atoms with E-state index >= 15 is 0 Å². The molecule has 1 aromatic carbocycles. The minimum Gasteiger partial charge on any atom is -0.391 e. The van der Waals surface area contributed by atoms with Gasteiger partial charge in [-0.3, -0.25) is 4.79 Å². The molecule has 1 amide bonds. The predicted molar refractivity (Wildman–Crippen MR) is 88.0 cm³/mol. The van der Waals surface area contributed by atoms with Crippen LogP contribution < -0.4 is 0 Å². The van der Waals surface area contributed by atoms with E-state index in [-0.39, 0.29) is 11.8 Å². The number of hydrogen-bond donors (Lipinski definition) is 1. The third-order valence-electron chi connectivity index (χ3n) is 4.20. The molecule has 2 atom stereocenters. The zero-order valence-corrected chi connectivity index (χ0v) is 13.6. The summed E-state index contributed by atoms with van der Waals surface area (Å²) in [5.74, 6) is 0.257. The Morgan fingerprint density at radius 2 is 2.09 bits per heavy atom. The van der Waals surface area contributed by atoms with Crippen LogP contribution in [-0.2, 0) is 0 Å². The van der Waals surface area contributed by atoms with Gasteiger partial charge in [0.1, 0.15) is 5.01 Å². The maximum absolute atomic E-state index is 12.5. The number of carbonyl (C=O) groups excluding carboxylic acids is 1. The highest BCUT2D eigenvalue weighted by atomic mass is 32.1. The number of benzene rings is 1. The fourth-order valence-corrected chi connectivity index (χ4v) is 3.46. The van der Waals surface area contributed by atoms with Gasteiger partial charge in [0.15, 0.2) is 0 Å². The first-order valence-electron chi connectivity index (χ1n) is 7.54. The van der Waals surface area contributed by atoms with Crippen LogP contribution in [0.1, 0.15) is 29.4 Å². The van der Waals surface area contributed by atoms with E-state index in [0.717, 1.165) is 22.7 Å². The summed E-state index contributed by atoms with van der Waals surface area (Å²) in [6.45, 7) is 5.13. The normalized spacial score (nSPS) is 21.9. The molecule has 2 aromatic rings. The van der Waals surface area contributed by atoms with Crippen LogP contribution in [0.4, 0.5) is 0 Å². The monoisotopic (exact) mass is 316 g/mol. The Bertz CT molecular complexity index is 666. The number of likely N-dealkylation sites (tertiary alicyclic amines) is 1. The van der Waals surface area contributed by atoms with Gasteiger partial charge in [-0.05, 0) is 31.4 Å². The van der Waals surface area contributed by atoms with Gasteiger partial charge >= 0.3 is 0 Å². The lowest BCUT2D eigenvalue weighted by Gasteiger charge is -2.34. The number of nitrogens with zero attached hydrogens (tertiary/aromatic N) is 2. The highest BCUT2D eigenvalue weighted by Crippen LogP contribution is 2.25. The van der Waals surface area contributed by atoms with Crippen LogP contribution in [0.25, 0.3) is 10.6 Å². The van der Waals surface area contributed by atoms with E-state index in [0.29, 0.717) is 18.7 Å². The first kappa shape index (κ1) is 15.2. The number of β-amino-alcohol motifs (C(OH)–C–C–N with tert-alkyl or cyclic N) is 1. The minimum atomic E-state index is -0.421. The van der Waals surface area contributed by atoms with Crippen LogP contribution in [0.2, 0.25) is 0 Å². The molecule has 2 heterocycles. The standard InChI is InChI=1S/C17H20N2O2S/c1-11-7-8-19(9-15(11)20)17(21)14-5-3-13(4-6-14)16-18-12(2)10-22-16/h3-6,10-11,15,20H,7-9H2,1-2H3. The third kappa shape index (κ3) is 3.05. The molecule has 1 aliphatic rings. The van der Waals surface area contributed by atoms with Gasteiger partial charge in [-0.2, -0.15) is 0 Å². The van der Waals surface area contributed by atoms with Crippen LogP contribution in [-0.4, -0.2) is 40.1 Å². The fourth-order valence-electron chi connectivity index (χ4n) is 2.66.